The quantitative estimate of drug-likeness (QED) is 0.571. The molecule has 2 saturated heterocycles. The van der Waals surface area contributed by atoms with Crippen molar-refractivity contribution < 1.29 is 0 Å². The van der Waals surface area contributed by atoms with Crippen molar-refractivity contribution in [3.63, 3.8) is 0 Å². The van der Waals surface area contributed by atoms with Gasteiger partial charge >= 0.3 is 73.3 Å². The molecule has 2 atom stereocenters. The number of hydrogen-bond acceptors (Lipinski definition) is 0. The van der Waals surface area contributed by atoms with Gasteiger partial charge < -0.3 is 0 Å². The molecule has 55 valence electrons. The van der Waals surface area contributed by atoms with Gasteiger partial charge in [-0.3, -0.25) is 0 Å². The summed E-state index contributed by atoms with van der Waals surface area (Å²) < 4.78 is 3.41. The average molecular weight is 244 g/mol. The molecule has 0 aromatic rings. The van der Waals surface area contributed by atoms with Gasteiger partial charge in [0, 0.05) is 0 Å². The number of hydrogen-bond donors (Lipinski definition) is 0. The molecule has 2 unspecified atom stereocenters. The van der Waals surface area contributed by atoms with Crippen LogP contribution in [0.2, 0.25) is 3.86 Å². The van der Waals surface area contributed by atoms with Gasteiger partial charge in [-0.15, -0.1) is 0 Å². The van der Waals surface area contributed by atoms with Crippen molar-refractivity contribution in [1.29, 1.82) is 0 Å². The van der Waals surface area contributed by atoms with Gasteiger partial charge in [0.2, 0.25) is 0 Å². The van der Waals surface area contributed by atoms with E-state index in [1.807, 2.05) is 0 Å². The molecule has 4 bridgehead atoms. The van der Waals surface area contributed by atoms with Gasteiger partial charge in [0.05, 0.1) is 0 Å². The first-order valence-corrected chi connectivity index (χ1v) is 7.59. The summed E-state index contributed by atoms with van der Waals surface area (Å²) in [6.07, 6.45) is 8.12. The van der Waals surface area contributed by atoms with E-state index in [0.29, 0.717) is 0 Å². The Labute approximate surface area is 73.3 Å². The predicted octanol–water partition coefficient (Wildman–Crippen LogP) is 1.97. The van der Waals surface area contributed by atoms with E-state index in [0.717, 1.165) is 0 Å². The summed E-state index contributed by atoms with van der Waals surface area (Å²) in [4.78, 5) is 0. The van der Waals surface area contributed by atoms with Crippen LogP contribution in [0.5, 0.6) is 0 Å². The van der Waals surface area contributed by atoms with Crippen LogP contribution in [-0.4, -0.2) is 21.6 Å². The molecule has 4 fully saturated rings. The van der Waals surface area contributed by atoms with Gasteiger partial charge in [0.15, 0.2) is 0 Å². The first-order valence-electron chi connectivity index (χ1n) is 4.51. The normalized spacial score (nSPS) is 52.2. The first-order chi connectivity index (χ1) is 4.90. The minimum absolute atomic E-state index is 0.0864. The van der Waals surface area contributed by atoms with E-state index in [4.69, 9.17) is 0 Å². The fourth-order valence-electron chi connectivity index (χ4n) is 3.20. The van der Waals surface area contributed by atoms with E-state index in [1.165, 1.54) is 15.7 Å². The van der Waals surface area contributed by atoms with Crippen LogP contribution in [0, 0.1) is 15.7 Å². The molecule has 4 aliphatic rings. The van der Waals surface area contributed by atoms with Gasteiger partial charge in [-0.2, -0.15) is 0 Å². The Hall–Kier alpha value is 0.818. The van der Waals surface area contributed by atoms with Crippen molar-refractivity contribution >= 4 is 21.6 Å². The van der Waals surface area contributed by atoms with Crippen LogP contribution >= 0.6 is 0 Å². The summed E-state index contributed by atoms with van der Waals surface area (Å²) in [6, 6.07) is 0. The van der Waals surface area contributed by atoms with Crippen molar-refractivity contribution in [2.45, 2.75) is 36.0 Å². The van der Waals surface area contributed by atoms with Crippen LogP contribution in [0.25, 0.3) is 0 Å². The Kier molecular flexibility index (Phi) is 1.37. The molecular formula is C9H14Sb. The van der Waals surface area contributed by atoms with Crippen LogP contribution in [0.3, 0.4) is 0 Å². The van der Waals surface area contributed by atoms with E-state index in [-0.39, 0.29) is 21.6 Å². The van der Waals surface area contributed by atoms with Gasteiger partial charge in [0.1, 0.15) is 0 Å². The Morgan fingerprint density at radius 3 is 2.20 bits per heavy atom. The molecule has 0 aromatic heterocycles. The van der Waals surface area contributed by atoms with Crippen LogP contribution in [0.15, 0.2) is 0 Å². The summed E-state index contributed by atoms with van der Waals surface area (Å²) in [5.41, 5.74) is 0. The molecule has 2 heterocycles. The molecule has 1 radical (unpaired) electrons. The summed E-state index contributed by atoms with van der Waals surface area (Å²) >= 11 is 0.0864. The Balaban J connectivity index is 1.90. The molecule has 0 aromatic carbocycles. The second kappa shape index (κ2) is 2.16. The summed E-state index contributed by atoms with van der Waals surface area (Å²) in [5.74, 6) is 2.37. The van der Waals surface area contributed by atoms with Crippen molar-refractivity contribution in [2.75, 3.05) is 0 Å². The second-order valence-corrected chi connectivity index (χ2v) is 9.46. The standard InChI is InChI=1S/C9H13.Sb.H/c1-3-8-5-2-6-9(4-1)7-8;;/h1,8-9H,3-7H2;;. The summed E-state index contributed by atoms with van der Waals surface area (Å²) in [5, 5.41) is 0. The average Bonchev–Trinajstić information content (AvgIpc) is 1.82. The number of rotatable bonds is 0. The zero-order valence-corrected chi connectivity index (χ0v) is 9.12. The Bertz CT molecular complexity index is 96.3. The molecule has 0 nitrogen and oxygen atoms in total. The van der Waals surface area contributed by atoms with Crippen LogP contribution in [0.4, 0.5) is 0 Å². The van der Waals surface area contributed by atoms with Crippen molar-refractivity contribution in [3.05, 3.63) is 3.86 Å². The third kappa shape index (κ3) is 0.875. The Morgan fingerprint density at radius 2 is 1.70 bits per heavy atom. The fraction of sp³-hybridized carbons (Fsp3) is 0.889. The van der Waals surface area contributed by atoms with Gasteiger partial charge in [-0.05, 0) is 0 Å². The molecule has 1 heteroatoms. The Morgan fingerprint density at radius 1 is 1.00 bits per heavy atom. The van der Waals surface area contributed by atoms with Gasteiger partial charge in [0.25, 0.3) is 0 Å². The van der Waals surface area contributed by atoms with E-state index in [1.54, 1.807) is 32.1 Å². The van der Waals surface area contributed by atoms with Crippen LogP contribution < -0.4 is 0 Å². The maximum absolute atomic E-state index is 2.10. The molecule has 0 amide bonds. The monoisotopic (exact) mass is 243 g/mol. The molecule has 2 aliphatic heterocycles. The maximum atomic E-state index is 2.10. The molecule has 2 aliphatic carbocycles. The van der Waals surface area contributed by atoms with E-state index < -0.39 is 0 Å². The second-order valence-electron chi connectivity index (χ2n) is 4.29. The van der Waals surface area contributed by atoms with E-state index >= 15 is 0 Å². The van der Waals surface area contributed by atoms with Gasteiger partial charge in [-0.1, -0.05) is 0 Å². The van der Waals surface area contributed by atoms with E-state index in [2.05, 4.69) is 3.86 Å². The molecule has 0 N–H and O–H groups in total. The molecule has 2 saturated carbocycles. The SMILES string of the molecule is C1[C]2CC3CC1C[CH](C3)[SbH]2. The molecule has 4 rings (SSSR count). The minimum atomic E-state index is 0.0864. The topological polar surface area (TPSA) is 0 Å². The summed E-state index contributed by atoms with van der Waals surface area (Å²) in [6.45, 7) is 0. The van der Waals surface area contributed by atoms with Crippen molar-refractivity contribution in [3.8, 4) is 0 Å². The predicted molar refractivity (Wildman–Crippen MR) is 44.2 cm³/mol. The molecule has 10 heavy (non-hydrogen) atoms. The fourth-order valence-corrected chi connectivity index (χ4v) is 9.75. The molecule has 0 spiro atoms. The zero-order valence-electron chi connectivity index (χ0n) is 6.27. The molecular weight excluding hydrogens is 230 g/mol. The third-order valence-corrected chi connectivity index (χ3v) is 8.22. The van der Waals surface area contributed by atoms with E-state index in [9.17, 15) is 0 Å². The van der Waals surface area contributed by atoms with Crippen molar-refractivity contribution in [2.24, 2.45) is 11.8 Å². The van der Waals surface area contributed by atoms with Crippen LogP contribution in [0.1, 0.15) is 32.1 Å². The van der Waals surface area contributed by atoms with Crippen LogP contribution in [-0.2, 0) is 0 Å². The first kappa shape index (κ1) is 6.35. The van der Waals surface area contributed by atoms with Gasteiger partial charge in [-0.25, -0.2) is 0 Å². The third-order valence-electron chi connectivity index (χ3n) is 3.38. The summed E-state index contributed by atoms with van der Waals surface area (Å²) in [7, 11) is 0. The zero-order chi connectivity index (χ0) is 6.55. The van der Waals surface area contributed by atoms with Crippen molar-refractivity contribution in [1.82, 2.24) is 0 Å².